The van der Waals surface area contributed by atoms with Crippen LogP contribution in [-0.4, -0.2) is 19.1 Å². The second-order valence-electron chi connectivity index (χ2n) is 4.79. The Balaban J connectivity index is 2.18. The highest BCUT2D eigenvalue weighted by Gasteiger charge is 2.25. The molecule has 3 heteroatoms. The predicted octanol–water partition coefficient (Wildman–Crippen LogP) is 2.26. The zero-order valence-corrected chi connectivity index (χ0v) is 10.3. The van der Waals surface area contributed by atoms with Gasteiger partial charge in [0, 0.05) is 24.8 Å². The molecule has 2 N–H and O–H groups in total. The second kappa shape index (κ2) is 5.20. The van der Waals surface area contributed by atoms with Crippen LogP contribution in [0.3, 0.4) is 0 Å². The molecule has 2 unspecified atom stereocenters. The largest absolute Gasteiger partial charge is 0.370 e. The lowest BCUT2D eigenvalue weighted by atomic mass is 9.90. The van der Waals surface area contributed by atoms with E-state index in [0.29, 0.717) is 11.6 Å². The molecule has 17 heavy (non-hydrogen) atoms. The molecule has 0 spiro atoms. The highest BCUT2D eigenvalue weighted by Crippen LogP contribution is 2.25. The van der Waals surface area contributed by atoms with Crippen LogP contribution in [0.25, 0.3) is 0 Å². The van der Waals surface area contributed by atoms with E-state index in [1.165, 1.54) is 12.8 Å². The molecule has 1 saturated carbocycles. The van der Waals surface area contributed by atoms with E-state index in [1.54, 1.807) is 0 Å². The average molecular weight is 229 g/mol. The van der Waals surface area contributed by atoms with Crippen LogP contribution in [0.15, 0.2) is 24.3 Å². The Morgan fingerprint density at radius 1 is 1.35 bits per heavy atom. The maximum atomic E-state index is 8.91. The van der Waals surface area contributed by atoms with Gasteiger partial charge in [-0.2, -0.15) is 5.26 Å². The van der Waals surface area contributed by atoms with Gasteiger partial charge >= 0.3 is 0 Å². The number of nitrogens with zero attached hydrogens (tertiary/aromatic N) is 2. The van der Waals surface area contributed by atoms with Gasteiger partial charge in [-0.15, -0.1) is 0 Å². The summed E-state index contributed by atoms with van der Waals surface area (Å²) < 4.78 is 0. The lowest BCUT2D eigenvalue weighted by Gasteiger charge is -2.37. The zero-order chi connectivity index (χ0) is 12.3. The monoisotopic (exact) mass is 229 g/mol. The molecule has 0 bridgehead atoms. The Labute approximate surface area is 103 Å². The number of rotatable bonds is 2. The lowest BCUT2D eigenvalue weighted by Crippen LogP contribution is -2.48. The predicted molar refractivity (Wildman–Crippen MR) is 69.8 cm³/mol. The third-order valence-electron chi connectivity index (χ3n) is 3.66. The van der Waals surface area contributed by atoms with Gasteiger partial charge < -0.3 is 10.6 Å². The zero-order valence-electron chi connectivity index (χ0n) is 10.3. The summed E-state index contributed by atoms with van der Waals surface area (Å²) in [4.78, 5) is 2.23. The number of likely N-dealkylation sites (N-methyl/N-ethyl adjacent to an activating group) is 1. The normalized spacial score (nSPS) is 24.1. The fourth-order valence-electron chi connectivity index (χ4n) is 2.61. The standard InChI is InChI=1S/C14H19N3/c1-17(14-8-3-2-7-13(14)16)12-6-4-5-11(9-12)10-15/h4-6,9,13-14H,2-3,7-8,16H2,1H3. The molecule has 0 radical (unpaired) electrons. The van der Waals surface area contributed by atoms with Crippen LogP contribution in [0.1, 0.15) is 31.2 Å². The number of nitriles is 1. The average Bonchev–Trinajstić information content (AvgIpc) is 2.38. The van der Waals surface area contributed by atoms with Gasteiger partial charge in [-0.3, -0.25) is 0 Å². The van der Waals surface area contributed by atoms with E-state index in [0.717, 1.165) is 18.5 Å². The minimum absolute atomic E-state index is 0.250. The van der Waals surface area contributed by atoms with Crippen LogP contribution < -0.4 is 10.6 Å². The minimum atomic E-state index is 0.250. The van der Waals surface area contributed by atoms with Gasteiger partial charge in [0.2, 0.25) is 0 Å². The van der Waals surface area contributed by atoms with Gasteiger partial charge in [-0.05, 0) is 31.0 Å². The molecule has 0 amide bonds. The number of hydrogen-bond acceptors (Lipinski definition) is 3. The highest BCUT2D eigenvalue weighted by atomic mass is 15.2. The van der Waals surface area contributed by atoms with Crippen molar-refractivity contribution in [2.45, 2.75) is 37.8 Å². The van der Waals surface area contributed by atoms with Gasteiger partial charge in [0.25, 0.3) is 0 Å². The number of benzene rings is 1. The summed E-state index contributed by atoms with van der Waals surface area (Å²) in [6, 6.07) is 10.6. The van der Waals surface area contributed by atoms with E-state index in [4.69, 9.17) is 11.0 Å². The van der Waals surface area contributed by atoms with Crippen molar-refractivity contribution in [3.05, 3.63) is 29.8 Å². The fraction of sp³-hybridized carbons (Fsp3) is 0.500. The molecule has 0 aromatic heterocycles. The molecule has 1 aromatic carbocycles. The summed E-state index contributed by atoms with van der Waals surface area (Å²) in [7, 11) is 2.08. The molecule has 0 aliphatic heterocycles. The Hall–Kier alpha value is -1.53. The van der Waals surface area contributed by atoms with Crippen molar-refractivity contribution in [1.82, 2.24) is 0 Å². The van der Waals surface area contributed by atoms with E-state index < -0.39 is 0 Å². The van der Waals surface area contributed by atoms with Crippen molar-refractivity contribution in [1.29, 1.82) is 5.26 Å². The smallest absolute Gasteiger partial charge is 0.0992 e. The summed E-state index contributed by atoms with van der Waals surface area (Å²) >= 11 is 0. The van der Waals surface area contributed by atoms with Gasteiger partial charge in [-0.1, -0.05) is 18.9 Å². The fourth-order valence-corrected chi connectivity index (χ4v) is 2.61. The van der Waals surface area contributed by atoms with Crippen LogP contribution in [0.2, 0.25) is 0 Å². The van der Waals surface area contributed by atoms with E-state index in [2.05, 4.69) is 18.0 Å². The van der Waals surface area contributed by atoms with Crippen molar-refractivity contribution in [2.75, 3.05) is 11.9 Å². The van der Waals surface area contributed by atoms with Gasteiger partial charge in [0.1, 0.15) is 0 Å². The van der Waals surface area contributed by atoms with E-state index >= 15 is 0 Å². The first-order valence-electron chi connectivity index (χ1n) is 6.21. The Morgan fingerprint density at radius 2 is 2.12 bits per heavy atom. The Kier molecular flexibility index (Phi) is 3.65. The van der Waals surface area contributed by atoms with Crippen molar-refractivity contribution >= 4 is 5.69 Å². The molecule has 90 valence electrons. The molecule has 1 aliphatic rings. The van der Waals surface area contributed by atoms with E-state index in [1.807, 2.05) is 24.3 Å². The molecule has 0 heterocycles. The molecule has 2 rings (SSSR count). The van der Waals surface area contributed by atoms with Crippen LogP contribution in [0.4, 0.5) is 5.69 Å². The third kappa shape index (κ3) is 2.59. The molecule has 0 saturated heterocycles. The first-order chi connectivity index (χ1) is 8.22. The summed E-state index contributed by atoms with van der Waals surface area (Å²) in [5, 5.41) is 8.91. The molecule has 3 nitrogen and oxygen atoms in total. The minimum Gasteiger partial charge on any atom is -0.370 e. The number of nitrogens with two attached hydrogens (primary N) is 1. The number of hydrogen-bond donors (Lipinski definition) is 1. The Morgan fingerprint density at radius 3 is 2.82 bits per heavy atom. The van der Waals surface area contributed by atoms with Crippen molar-refractivity contribution in [2.24, 2.45) is 5.73 Å². The van der Waals surface area contributed by atoms with Crippen LogP contribution in [0, 0.1) is 11.3 Å². The molecular weight excluding hydrogens is 210 g/mol. The highest BCUT2D eigenvalue weighted by molar-refractivity contribution is 5.52. The van der Waals surface area contributed by atoms with Gasteiger partial charge in [0.05, 0.1) is 11.6 Å². The van der Waals surface area contributed by atoms with E-state index in [-0.39, 0.29) is 6.04 Å². The second-order valence-corrected chi connectivity index (χ2v) is 4.79. The topological polar surface area (TPSA) is 53.0 Å². The first kappa shape index (κ1) is 11.9. The van der Waals surface area contributed by atoms with Crippen LogP contribution in [-0.2, 0) is 0 Å². The third-order valence-corrected chi connectivity index (χ3v) is 3.66. The SMILES string of the molecule is CN(c1cccc(C#N)c1)C1CCCCC1N. The summed E-state index contributed by atoms with van der Waals surface area (Å²) in [5.74, 6) is 0. The summed E-state index contributed by atoms with van der Waals surface area (Å²) in [6.45, 7) is 0. The Bertz CT molecular complexity index is 422. The lowest BCUT2D eigenvalue weighted by molar-refractivity contribution is 0.373. The van der Waals surface area contributed by atoms with Crippen molar-refractivity contribution < 1.29 is 0 Å². The van der Waals surface area contributed by atoms with Crippen LogP contribution in [0.5, 0.6) is 0 Å². The maximum Gasteiger partial charge on any atom is 0.0992 e. The molecule has 1 aliphatic carbocycles. The van der Waals surface area contributed by atoms with E-state index in [9.17, 15) is 0 Å². The molecular formula is C14H19N3. The molecule has 2 atom stereocenters. The maximum absolute atomic E-state index is 8.91. The van der Waals surface area contributed by atoms with Gasteiger partial charge in [0.15, 0.2) is 0 Å². The number of anilines is 1. The van der Waals surface area contributed by atoms with Crippen molar-refractivity contribution in [3.8, 4) is 6.07 Å². The van der Waals surface area contributed by atoms with Gasteiger partial charge in [-0.25, -0.2) is 0 Å². The summed E-state index contributed by atoms with van der Waals surface area (Å²) in [6.07, 6.45) is 4.74. The molecule has 1 fully saturated rings. The first-order valence-corrected chi connectivity index (χ1v) is 6.21. The summed E-state index contributed by atoms with van der Waals surface area (Å²) in [5.41, 5.74) is 7.98. The molecule has 1 aromatic rings. The quantitative estimate of drug-likeness (QED) is 0.846. The van der Waals surface area contributed by atoms with Crippen molar-refractivity contribution in [3.63, 3.8) is 0 Å². The van der Waals surface area contributed by atoms with Crippen LogP contribution >= 0.6 is 0 Å².